The molecule has 1 fully saturated rings. The summed E-state index contributed by atoms with van der Waals surface area (Å²) in [6, 6.07) is 7.74. The van der Waals surface area contributed by atoms with E-state index in [1.165, 1.54) is 0 Å². The van der Waals surface area contributed by atoms with Gasteiger partial charge in [0.25, 0.3) is 0 Å². The molecule has 25 heavy (non-hydrogen) atoms. The maximum atomic E-state index is 12.8. The van der Waals surface area contributed by atoms with E-state index in [2.05, 4.69) is 4.98 Å². The molecule has 0 aliphatic carbocycles. The summed E-state index contributed by atoms with van der Waals surface area (Å²) in [5, 5.41) is 0.635. The highest BCUT2D eigenvalue weighted by Crippen LogP contribution is 2.40. The zero-order valence-electron chi connectivity index (χ0n) is 15.1. The van der Waals surface area contributed by atoms with Crippen molar-refractivity contribution >= 4 is 40.3 Å². The summed E-state index contributed by atoms with van der Waals surface area (Å²) in [7, 11) is 0. The number of amides is 1. The number of thiol groups is 1. The van der Waals surface area contributed by atoms with E-state index < -0.39 is 11.3 Å². The summed E-state index contributed by atoms with van der Waals surface area (Å²) >= 11 is 6.38. The van der Waals surface area contributed by atoms with Crippen LogP contribution >= 0.6 is 24.0 Å². The fraction of sp³-hybridized carbons (Fsp3) is 0.556. The number of aromatic nitrogens is 1. The molecule has 1 aromatic heterocycles. The maximum absolute atomic E-state index is 12.8. The topological polar surface area (TPSA) is 51.7 Å². The first-order chi connectivity index (χ1) is 11.6. The second-order valence-corrected chi connectivity index (χ2v) is 9.26. The minimum atomic E-state index is -0.745. The molecule has 5 nitrogen and oxygen atoms in total. The number of benzene rings is 1. The molecule has 1 unspecified atom stereocenters. The predicted molar refractivity (Wildman–Crippen MR) is 103 cm³/mol. The van der Waals surface area contributed by atoms with Crippen LogP contribution in [0.5, 0.6) is 0 Å². The molecule has 0 radical (unpaired) electrons. The van der Waals surface area contributed by atoms with Crippen molar-refractivity contribution in [3.05, 3.63) is 29.3 Å². The number of thiazole rings is 1. The normalized spacial score (nSPS) is 21.5. The highest BCUT2D eigenvalue weighted by atomic mass is 32.1. The van der Waals surface area contributed by atoms with Gasteiger partial charge in [0.1, 0.15) is 16.3 Å². The molecule has 2 heterocycles. The van der Waals surface area contributed by atoms with Gasteiger partial charge in [-0.2, -0.15) is 12.6 Å². The Morgan fingerprint density at radius 1 is 1.44 bits per heavy atom. The summed E-state index contributed by atoms with van der Waals surface area (Å²) in [5.74, 6) is 0. The van der Waals surface area contributed by atoms with Gasteiger partial charge in [0.2, 0.25) is 0 Å². The molecule has 0 spiro atoms. The molecule has 0 saturated carbocycles. The first-order valence-corrected chi connectivity index (χ1v) is 9.61. The highest BCUT2D eigenvalue weighted by Gasteiger charge is 2.48. The molecule has 1 aliphatic heterocycles. The van der Waals surface area contributed by atoms with Crippen LogP contribution in [-0.4, -0.2) is 40.0 Å². The van der Waals surface area contributed by atoms with Gasteiger partial charge in [-0.1, -0.05) is 12.1 Å². The van der Waals surface area contributed by atoms with Crippen LogP contribution in [0.3, 0.4) is 0 Å². The van der Waals surface area contributed by atoms with Crippen molar-refractivity contribution in [3.8, 4) is 0 Å². The minimum Gasteiger partial charge on any atom is -0.444 e. The molecule has 1 saturated heterocycles. The van der Waals surface area contributed by atoms with Crippen LogP contribution in [0.1, 0.15) is 44.9 Å². The van der Waals surface area contributed by atoms with Gasteiger partial charge in [-0.3, -0.25) is 4.90 Å². The Morgan fingerprint density at radius 2 is 2.12 bits per heavy atom. The summed E-state index contributed by atoms with van der Waals surface area (Å²) in [5.41, 5.74) is -0.365. The van der Waals surface area contributed by atoms with Crippen molar-refractivity contribution in [3.63, 3.8) is 0 Å². The second kappa shape index (κ2) is 6.45. The smallest absolute Gasteiger partial charge is 0.412 e. The number of carbonyl (C=O) groups is 1. The van der Waals surface area contributed by atoms with Crippen molar-refractivity contribution in [1.82, 2.24) is 9.88 Å². The largest absolute Gasteiger partial charge is 0.444 e. The van der Waals surface area contributed by atoms with Crippen LogP contribution in [-0.2, 0) is 9.47 Å². The van der Waals surface area contributed by atoms with Crippen LogP contribution in [0.2, 0.25) is 0 Å². The molecule has 1 aromatic carbocycles. The van der Waals surface area contributed by atoms with E-state index >= 15 is 0 Å². The van der Waals surface area contributed by atoms with Crippen LogP contribution < -0.4 is 0 Å². The monoisotopic (exact) mass is 380 g/mol. The van der Waals surface area contributed by atoms with E-state index in [1.54, 1.807) is 16.2 Å². The number of rotatable bonds is 2. The predicted octanol–water partition coefficient (Wildman–Crippen LogP) is 4.64. The third kappa shape index (κ3) is 3.78. The van der Waals surface area contributed by atoms with E-state index in [9.17, 15) is 4.79 Å². The van der Waals surface area contributed by atoms with Gasteiger partial charge in [-0.05, 0) is 46.8 Å². The van der Waals surface area contributed by atoms with Crippen molar-refractivity contribution in [2.24, 2.45) is 0 Å². The van der Waals surface area contributed by atoms with Crippen LogP contribution in [0.25, 0.3) is 10.2 Å². The Kier molecular flexibility index (Phi) is 4.77. The van der Waals surface area contributed by atoms with Gasteiger partial charge in [-0.25, -0.2) is 9.78 Å². The molecular weight excluding hydrogens is 356 g/mol. The zero-order chi connectivity index (χ0) is 18.4. The lowest BCUT2D eigenvalue weighted by molar-refractivity contribution is -0.0624. The Balaban J connectivity index is 1.89. The average Bonchev–Trinajstić information content (AvgIpc) is 3.05. The summed E-state index contributed by atoms with van der Waals surface area (Å²) < 4.78 is 12.6. The second-order valence-electron chi connectivity index (χ2n) is 7.64. The molecule has 0 bridgehead atoms. The fourth-order valence-corrected chi connectivity index (χ4v) is 4.36. The molecule has 2 atom stereocenters. The number of hydrogen-bond donors (Lipinski definition) is 1. The summed E-state index contributed by atoms with van der Waals surface area (Å²) in [4.78, 5) is 19.1. The van der Waals surface area contributed by atoms with Crippen LogP contribution in [0.15, 0.2) is 24.3 Å². The number of ether oxygens (including phenoxy) is 2. The number of nitrogens with zero attached hydrogens (tertiary/aromatic N) is 2. The standard InChI is InChI=1S/C18H24N2O3S2/c1-17(2,3)23-16(21)20-12(10-22-18(20,4)5)14(24)15-19-11-8-6-7-9-13(11)25-15/h6-9,12,14,24H,10H2,1-5H3/t12-,14?/m0/s1. The van der Waals surface area contributed by atoms with Gasteiger partial charge in [0.15, 0.2) is 0 Å². The number of hydrogen-bond acceptors (Lipinski definition) is 6. The minimum absolute atomic E-state index is 0.242. The van der Waals surface area contributed by atoms with Crippen molar-refractivity contribution in [2.75, 3.05) is 6.61 Å². The lowest BCUT2D eigenvalue weighted by Gasteiger charge is -2.36. The third-order valence-electron chi connectivity index (χ3n) is 4.04. The van der Waals surface area contributed by atoms with Crippen molar-refractivity contribution in [1.29, 1.82) is 0 Å². The lowest BCUT2D eigenvalue weighted by Crippen LogP contribution is -2.50. The number of fused-ring (bicyclic) bond motifs is 1. The zero-order valence-corrected chi connectivity index (χ0v) is 16.9. The number of para-hydroxylation sites is 1. The SMILES string of the molecule is CC(C)(C)OC(=O)N1[C@H](C(S)c2nc3ccccc3s2)COC1(C)C. The fourth-order valence-electron chi connectivity index (χ4n) is 2.91. The van der Waals surface area contributed by atoms with Gasteiger partial charge in [-0.15, -0.1) is 11.3 Å². The molecule has 3 rings (SSSR count). The Hall–Kier alpha value is -1.31. The van der Waals surface area contributed by atoms with Gasteiger partial charge in [0, 0.05) is 0 Å². The summed E-state index contributed by atoms with van der Waals surface area (Å²) in [6.45, 7) is 9.71. The van der Waals surface area contributed by atoms with Gasteiger partial charge >= 0.3 is 6.09 Å². The van der Waals surface area contributed by atoms with E-state index in [4.69, 9.17) is 22.1 Å². The molecular formula is C18H24N2O3S2. The number of carbonyl (C=O) groups excluding carboxylic acids is 1. The third-order valence-corrected chi connectivity index (χ3v) is 5.92. The first kappa shape index (κ1) is 18.5. The van der Waals surface area contributed by atoms with Gasteiger partial charge in [0.05, 0.1) is 28.1 Å². The molecule has 1 amide bonds. The lowest BCUT2D eigenvalue weighted by atomic mass is 10.1. The molecule has 0 N–H and O–H groups in total. The van der Waals surface area contributed by atoms with Crippen LogP contribution in [0, 0.1) is 0 Å². The quantitative estimate of drug-likeness (QED) is 0.771. The molecule has 1 aliphatic rings. The maximum Gasteiger partial charge on any atom is 0.412 e. The van der Waals surface area contributed by atoms with E-state index in [0.717, 1.165) is 15.2 Å². The first-order valence-electron chi connectivity index (χ1n) is 8.28. The Bertz CT molecular complexity index is 749. The Labute approximate surface area is 157 Å². The molecule has 136 valence electrons. The average molecular weight is 381 g/mol. The molecule has 7 heteroatoms. The van der Waals surface area contributed by atoms with E-state index in [-0.39, 0.29) is 17.4 Å². The molecule has 2 aromatic rings. The van der Waals surface area contributed by atoms with Crippen molar-refractivity contribution in [2.45, 2.75) is 57.2 Å². The van der Waals surface area contributed by atoms with Gasteiger partial charge < -0.3 is 9.47 Å². The highest BCUT2D eigenvalue weighted by molar-refractivity contribution is 7.80. The summed E-state index contributed by atoms with van der Waals surface area (Å²) in [6.07, 6.45) is -0.389. The Morgan fingerprint density at radius 3 is 2.76 bits per heavy atom. The van der Waals surface area contributed by atoms with E-state index in [0.29, 0.717) is 6.61 Å². The van der Waals surface area contributed by atoms with Crippen LogP contribution in [0.4, 0.5) is 4.79 Å². The van der Waals surface area contributed by atoms with Crippen molar-refractivity contribution < 1.29 is 14.3 Å². The van der Waals surface area contributed by atoms with E-state index in [1.807, 2.05) is 58.9 Å².